The van der Waals surface area contributed by atoms with Gasteiger partial charge in [-0.1, -0.05) is 158 Å². The lowest BCUT2D eigenvalue weighted by Gasteiger charge is -2.16. The first-order valence-corrected chi connectivity index (χ1v) is 21.7. The van der Waals surface area contributed by atoms with Crippen molar-refractivity contribution in [3.63, 3.8) is 0 Å². The number of hydrogen-bond acceptors (Lipinski definition) is 3. The summed E-state index contributed by atoms with van der Waals surface area (Å²) in [6.45, 7) is 0. The van der Waals surface area contributed by atoms with Gasteiger partial charge in [0.15, 0.2) is 11.6 Å². The molecule has 5 nitrogen and oxygen atoms in total. The van der Waals surface area contributed by atoms with Crippen LogP contribution in [0.4, 0.5) is 0 Å². The van der Waals surface area contributed by atoms with Gasteiger partial charge in [-0.05, 0) is 60.2 Å². The van der Waals surface area contributed by atoms with Crippen LogP contribution < -0.4 is 0 Å². The van der Waals surface area contributed by atoms with Gasteiger partial charge in [0, 0.05) is 64.1 Å². The van der Waals surface area contributed by atoms with E-state index in [-0.39, 0.29) is 0 Å². The lowest BCUT2D eigenvalue weighted by molar-refractivity contribution is 1.08. The Morgan fingerprint density at radius 3 is 1.65 bits per heavy atom. The predicted octanol–water partition coefficient (Wildman–Crippen LogP) is 14.8. The predicted molar refractivity (Wildman–Crippen MR) is 259 cm³/mol. The molecule has 290 valence electrons. The van der Waals surface area contributed by atoms with Crippen LogP contribution in [0.5, 0.6) is 0 Å². The number of hydrogen-bond donors (Lipinski definition) is 0. The molecule has 13 rings (SSSR count). The van der Waals surface area contributed by atoms with Gasteiger partial charge in [-0.15, -0.1) is 21.5 Å². The third-order valence-corrected chi connectivity index (χ3v) is 13.6. The largest absolute Gasteiger partial charge is 0.309 e. The summed E-state index contributed by atoms with van der Waals surface area (Å²) in [5, 5.41) is 17.2. The maximum Gasteiger partial charge on any atom is 0.168 e. The number of fused-ring (bicyclic) bond motifs is 10. The van der Waals surface area contributed by atoms with Crippen molar-refractivity contribution in [1.82, 2.24) is 23.9 Å². The minimum atomic E-state index is 0.797. The van der Waals surface area contributed by atoms with E-state index in [1.165, 1.54) is 47.5 Å². The van der Waals surface area contributed by atoms with E-state index < -0.39 is 0 Å². The number of aromatic nitrogens is 5. The van der Waals surface area contributed by atoms with E-state index in [0.717, 1.165) is 67.2 Å². The highest BCUT2D eigenvalue weighted by Gasteiger charge is 2.24. The van der Waals surface area contributed by atoms with E-state index in [1.54, 1.807) is 0 Å². The second-order valence-electron chi connectivity index (χ2n) is 15.8. The molecule has 9 aromatic carbocycles. The molecule has 13 aromatic rings. The fraction of sp³-hybridized carbons (Fsp3) is 0. The fourth-order valence-corrected chi connectivity index (χ4v) is 11.0. The lowest BCUT2D eigenvalue weighted by Crippen LogP contribution is -2.01. The minimum absolute atomic E-state index is 0.797. The van der Waals surface area contributed by atoms with Gasteiger partial charge in [0.05, 0.1) is 33.4 Å². The molecule has 0 amide bonds. The van der Waals surface area contributed by atoms with Crippen molar-refractivity contribution >= 4 is 75.1 Å². The van der Waals surface area contributed by atoms with Crippen molar-refractivity contribution in [2.24, 2.45) is 0 Å². The Morgan fingerprint density at radius 2 is 0.887 bits per heavy atom. The molecule has 0 atom stereocenters. The molecule has 0 N–H and O–H groups in total. The molecule has 4 heterocycles. The standard InChI is InChI=1S/C56H35N5S/c1-3-17-36(18-4-1)55-57-58-56(37-19-5-2-6-20-37)61(55)49-31-16-30-48-52(49)43-25-8-12-28-46(43)59(48)39-22-15-21-38(35-39)40-23-7-11-27-45(40)60-47-29-13-9-26-44(47)53-50(60)34-33-42-41-24-10-14-32-51(41)62-54(42)53/h1-35H. The highest BCUT2D eigenvalue weighted by atomic mass is 32.1. The van der Waals surface area contributed by atoms with Gasteiger partial charge < -0.3 is 9.13 Å². The topological polar surface area (TPSA) is 40.6 Å². The van der Waals surface area contributed by atoms with Gasteiger partial charge in [0.1, 0.15) is 0 Å². The molecule has 0 aliphatic rings. The molecule has 0 aliphatic heterocycles. The molecule has 0 saturated carbocycles. The molecule has 0 saturated heterocycles. The summed E-state index contributed by atoms with van der Waals surface area (Å²) in [7, 11) is 0. The molecule has 62 heavy (non-hydrogen) atoms. The number of para-hydroxylation sites is 3. The van der Waals surface area contributed by atoms with Crippen molar-refractivity contribution in [3.05, 3.63) is 212 Å². The summed E-state index contributed by atoms with van der Waals surface area (Å²) in [5.74, 6) is 1.59. The summed E-state index contributed by atoms with van der Waals surface area (Å²) in [6.07, 6.45) is 0. The molecule has 6 heteroatoms. The number of thiophene rings is 1. The van der Waals surface area contributed by atoms with Gasteiger partial charge in [-0.25, -0.2) is 0 Å². The van der Waals surface area contributed by atoms with Crippen molar-refractivity contribution in [3.8, 4) is 51.0 Å². The van der Waals surface area contributed by atoms with Crippen molar-refractivity contribution < 1.29 is 0 Å². The summed E-state index contributed by atoms with van der Waals surface area (Å²) >= 11 is 1.89. The first-order chi connectivity index (χ1) is 30.8. The molecule has 0 aliphatic carbocycles. The Kier molecular flexibility index (Phi) is 7.71. The molecular formula is C56H35N5S. The zero-order valence-electron chi connectivity index (χ0n) is 33.4. The van der Waals surface area contributed by atoms with E-state index >= 15 is 0 Å². The van der Waals surface area contributed by atoms with Gasteiger partial charge in [-0.2, -0.15) is 0 Å². The Labute approximate surface area is 360 Å². The van der Waals surface area contributed by atoms with Crippen LogP contribution >= 0.6 is 11.3 Å². The van der Waals surface area contributed by atoms with Crippen LogP contribution in [0.15, 0.2) is 212 Å². The number of nitrogens with zero attached hydrogens (tertiary/aromatic N) is 5. The van der Waals surface area contributed by atoms with Crippen LogP contribution in [0, 0.1) is 0 Å². The molecular weight excluding hydrogens is 775 g/mol. The third-order valence-electron chi connectivity index (χ3n) is 12.4. The second-order valence-corrected chi connectivity index (χ2v) is 16.8. The van der Waals surface area contributed by atoms with Gasteiger partial charge in [-0.3, -0.25) is 4.57 Å². The molecule has 4 aromatic heterocycles. The average Bonchev–Trinajstić information content (AvgIpc) is 4.12. The maximum atomic E-state index is 4.83. The Morgan fingerprint density at radius 1 is 0.339 bits per heavy atom. The first-order valence-electron chi connectivity index (χ1n) is 20.9. The highest BCUT2D eigenvalue weighted by Crippen LogP contribution is 2.45. The van der Waals surface area contributed by atoms with Crippen molar-refractivity contribution in [2.45, 2.75) is 0 Å². The molecule has 0 unspecified atom stereocenters. The van der Waals surface area contributed by atoms with Crippen LogP contribution in [-0.4, -0.2) is 23.9 Å². The first kappa shape index (κ1) is 34.8. The molecule has 0 spiro atoms. The Balaban J connectivity index is 1.02. The smallest absolute Gasteiger partial charge is 0.168 e. The number of benzene rings is 9. The summed E-state index contributed by atoms with van der Waals surface area (Å²) in [4.78, 5) is 0. The fourth-order valence-electron chi connectivity index (χ4n) is 9.75. The summed E-state index contributed by atoms with van der Waals surface area (Å²) < 4.78 is 9.76. The molecule has 0 fully saturated rings. The highest BCUT2D eigenvalue weighted by molar-refractivity contribution is 7.26. The summed E-state index contributed by atoms with van der Waals surface area (Å²) in [5.41, 5.74) is 12.2. The molecule has 0 bridgehead atoms. The van der Waals surface area contributed by atoms with Gasteiger partial charge in [0.25, 0.3) is 0 Å². The van der Waals surface area contributed by atoms with Crippen molar-refractivity contribution in [2.75, 3.05) is 0 Å². The minimum Gasteiger partial charge on any atom is -0.309 e. The lowest BCUT2D eigenvalue weighted by atomic mass is 10.0. The van der Waals surface area contributed by atoms with E-state index in [0.29, 0.717) is 0 Å². The van der Waals surface area contributed by atoms with Crippen LogP contribution in [-0.2, 0) is 0 Å². The molecule has 0 radical (unpaired) electrons. The van der Waals surface area contributed by atoms with Crippen LogP contribution in [0.25, 0.3) is 115 Å². The zero-order chi connectivity index (χ0) is 40.7. The van der Waals surface area contributed by atoms with E-state index in [9.17, 15) is 0 Å². The zero-order valence-corrected chi connectivity index (χ0v) is 34.2. The van der Waals surface area contributed by atoms with Crippen LogP contribution in [0.3, 0.4) is 0 Å². The maximum absolute atomic E-state index is 4.83. The van der Waals surface area contributed by atoms with E-state index in [1.807, 2.05) is 23.5 Å². The number of rotatable bonds is 6. The average molecular weight is 810 g/mol. The second kappa shape index (κ2) is 13.7. The Hall–Kier alpha value is -8.06. The van der Waals surface area contributed by atoms with Gasteiger partial charge >= 0.3 is 0 Å². The monoisotopic (exact) mass is 809 g/mol. The van der Waals surface area contributed by atoms with Gasteiger partial charge in [0.2, 0.25) is 0 Å². The quantitative estimate of drug-likeness (QED) is 0.168. The van der Waals surface area contributed by atoms with Crippen LogP contribution in [0.1, 0.15) is 0 Å². The third kappa shape index (κ3) is 5.14. The van der Waals surface area contributed by atoms with Crippen LogP contribution in [0.2, 0.25) is 0 Å². The van der Waals surface area contributed by atoms with E-state index in [2.05, 4.69) is 214 Å². The Bertz CT molecular complexity index is 3810. The summed E-state index contributed by atoms with van der Waals surface area (Å²) in [6, 6.07) is 76.2. The normalized spacial score (nSPS) is 11.9. The van der Waals surface area contributed by atoms with E-state index in [4.69, 9.17) is 10.2 Å². The van der Waals surface area contributed by atoms with Crippen molar-refractivity contribution in [1.29, 1.82) is 0 Å². The SMILES string of the molecule is c1ccc(-c2nnc(-c3ccccc3)n2-c2cccc3c2c2ccccc2n3-c2cccc(-c3ccccc3-n3c4ccccc4c4c5sc6ccccc6c5ccc43)c2)cc1.